The molecule has 0 radical (unpaired) electrons. The van der Waals surface area contributed by atoms with Gasteiger partial charge in [0.15, 0.2) is 0 Å². The van der Waals surface area contributed by atoms with Gasteiger partial charge in [0.25, 0.3) is 5.95 Å². The minimum absolute atomic E-state index is 0.0181. The van der Waals surface area contributed by atoms with Crippen molar-refractivity contribution in [2.45, 2.75) is 32.2 Å². The zero-order chi connectivity index (χ0) is 23.7. The number of anilines is 1. The van der Waals surface area contributed by atoms with E-state index < -0.39 is 6.16 Å². The predicted molar refractivity (Wildman–Crippen MR) is 137 cm³/mol. The molecule has 180 valence electrons. The van der Waals surface area contributed by atoms with Crippen molar-refractivity contribution in [3.05, 3.63) is 57.5 Å². The third-order valence-electron chi connectivity index (χ3n) is 6.78. The number of hydrogen-bond acceptors (Lipinski definition) is 5. The normalized spacial score (nSPS) is 17.0. The summed E-state index contributed by atoms with van der Waals surface area (Å²) in [6, 6.07) is 13.8. The fraction of sp³-hybridized carbons (Fsp3) is 0.423. The van der Waals surface area contributed by atoms with Gasteiger partial charge in [0, 0.05) is 49.2 Å². The molecule has 0 atom stereocenters. The molecule has 0 spiro atoms. The number of fused-ring (bicyclic) bond motifs is 1. The van der Waals surface area contributed by atoms with Gasteiger partial charge in [-0.2, -0.15) is 0 Å². The molecular formula is C26H28BrClN2O4. The van der Waals surface area contributed by atoms with Crippen LogP contribution in [0.1, 0.15) is 31.2 Å². The van der Waals surface area contributed by atoms with Gasteiger partial charge in [-0.15, -0.1) is 0 Å². The molecule has 2 fully saturated rings. The summed E-state index contributed by atoms with van der Waals surface area (Å²) in [5.41, 5.74) is 3.02. The first-order valence-corrected chi connectivity index (χ1v) is 13.0. The van der Waals surface area contributed by atoms with Gasteiger partial charge < -0.3 is 19.2 Å². The molecule has 1 aromatic heterocycles. The third-order valence-corrected chi connectivity index (χ3v) is 7.87. The zero-order valence-corrected chi connectivity index (χ0v) is 21.2. The Morgan fingerprint density at radius 2 is 1.76 bits per heavy atom. The number of furan rings is 1. The second-order valence-electron chi connectivity index (χ2n) is 9.44. The highest BCUT2D eigenvalue weighted by molar-refractivity contribution is 9.10. The first kappa shape index (κ1) is 23.5. The van der Waals surface area contributed by atoms with E-state index in [1.54, 1.807) is 6.07 Å². The molecule has 1 aliphatic carbocycles. The summed E-state index contributed by atoms with van der Waals surface area (Å²) < 4.78 is 11.1. The van der Waals surface area contributed by atoms with Crippen LogP contribution in [0.5, 0.6) is 5.95 Å². The van der Waals surface area contributed by atoms with Gasteiger partial charge in [0.1, 0.15) is 5.58 Å². The topological polar surface area (TPSA) is 66.2 Å². The molecule has 2 aliphatic rings. The lowest BCUT2D eigenvalue weighted by Gasteiger charge is -2.36. The van der Waals surface area contributed by atoms with E-state index >= 15 is 0 Å². The lowest BCUT2D eigenvalue weighted by Crippen LogP contribution is -2.39. The average Bonchev–Trinajstić information content (AvgIpc) is 3.53. The second-order valence-corrected chi connectivity index (χ2v) is 10.7. The number of ether oxygens (including phenoxy) is 1. The number of benzene rings is 2. The van der Waals surface area contributed by atoms with Crippen LogP contribution in [-0.4, -0.2) is 42.3 Å². The van der Waals surface area contributed by atoms with Crippen LogP contribution >= 0.6 is 27.5 Å². The van der Waals surface area contributed by atoms with E-state index in [0.717, 1.165) is 65.5 Å². The van der Waals surface area contributed by atoms with E-state index in [4.69, 9.17) is 21.1 Å². The van der Waals surface area contributed by atoms with Crippen LogP contribution in [0.15, 0.2) is 51.4 Å². The van der Waals surface area contributed by atoms with Gasteiger partial charge in [-0.3, -0.25) is 4.90 Å². The zero-order valence-electron chi connectivity index (χ0n) is 18.9. The van der Waals surface area contributed by atoms with E-state index in [1.807, 2.05) is 24.3 Å². The van der Waals surface area contributed by atoms with Gasteiger partial charge in [-0.05, 0) is 83.3 Å². The standard InChI is InChI=1S/C26H28BrClN2O4/c27-25-21-13-24(34-26(31)32)33-23(21)8-7-22(25)30-11-9-19(10-12-30)16-29(14-17-1-2-17)15-18-3-5-20(28)6-4-18/h3-8,13,17,19H,1-2,9-12,14-16H2,(H,31,32). The molecule has 0 amide bonds. The Morgan fingerprint density at radius 1 is 1.09 bits per heavy atom. The van der Waals surface area contributed by atoms with Crippen LogP contribution in [0.25, 0.3) is 11.0 Å². The van der Waals surface area contributed by atoms with Crippen LogP contribution in [0.2, 0.25) is 5.02 Å². The van der Waals surface area contributed by atoms with Crippen LogP contribution in [0, 0.1) is 11.8 Å². The summed E-state index contributed by atoms with van der Waals surface area (Å²) >= 11 is 9.78. The monoisotopic (exact) mass is 546 g/mol. The van der Waals surface area contributed by atoms with Crippen LogP contribution in [0.4, 0.5) is 10.5 Å². The molecule has 1 aliphatic heterocycles. The third kappa shape index (κ3) is 5.70. The molecule has 1 N–H and O–H groups in total. The molecule has 2 aromatic carbocycles. The lowest BCUT2D eigenvalue weighted by atomic mass is 9.95. The SMILES string of the molecule is O=C(O)Oc1cc2c(Br)c(N3CCC(CN(Cc4ccc(Cl)cc4)CC4CC4)CC3)ccc2o1. The summed E-state index contributed by atoms with van der Waals surface area (Å²) in [6.07, 6.45) is 3.62. The molecule has 1 saturated heterocycles. The van der Waals surface area contributed by atoms with Crippen LogP contribution in [-0.2, 0) is 6.54 Å². The maximum atomic E-state index is 10.8. The number of hydrogen-bond donors (Lipinski definition) is 1. The first-order chi connectivity index (χ1) is 16.4. The molecule has 2 heterocycles. The summed E-state index contributed by atoms with van der Waals surface area (Å²) in [7, 11) is 0. The Balaban J connectivity index is 1.22. The molecular weight excluding hydrogens is 520 g/mol. The van der Waals surface area contributed by atoms with Crippen LogP contribution in [0.3, 0.4) is 0 Å². The molecule has 34 heavy (non-hydrogen) atoms. The van der Waals surface area contributed by atoms with Gasteiger partial charge in [-0.1, -0.05) is 23.7 Å². The van der Waals surface area contributed by atoms with Crippen LogP contribution < -0.4 is 9.64 Å². The van der Waals surface area contributed by atoms with Crippen molar-refractivity contribution in [2.24, 2.45) is 11.8 Å². The van der Waals surface area contributed by atoms with Crippen molar-refractivity contribution in [3.8, 4) is 5.95 Å². The summed E-state index contributed by atoms with van der Waals surface area (Å²) in [6.45, 7) is 5.28. The molecule has 0 unspecified atom stereocenters. The van der Waals surface area contributed by atoms with E-state index in [-0.39, 0.29) is 5.95 Å². The van der Waals surface area contributed by atoms with E-state index in [0.29, 0.717) is 11.5 Å². The summed E-state index contributed by atoms with van der Waals surface area (Å²) in [5, 5.41) is 10.4. The number of piperidine rings is 1. The highest BCUT2D eigenvalue weighted by Crippen LogP contribution is 2.39. The fourth-order valence-corrected chi connectivity index (χ4v) is 5.68. The maximum absolute atomic E-state index is 10.8. The molecule has 8 heteroatoms. The highest BCUT2D eigenvalue weighted by Gasteiger charge is 2.28. The number of carbonyl (C=O) groups is 1. The molecule has 6 nitrogen and oxygen atoms in total. The average molecular weight is 548 g/mol. The van der Waals surface area contributed by atoms with Crippen molar-refractivity contribution in [3.63, 3.8) is 0 Å². The quantitative estimate of drug-likeness (QED) is 0.305. The number of carboxylic acid groups (broad SMARTS) is 1. The maximum Gasteiger partial charge on any atom is 0.513 e. The Kier molecular flexibility index (Phi) is 7.04. The predicted octanol–water partition coefficient (Wildman–Crippen LogP) is 7.03. The molecule has 0 bridgehead atoms. The summed E-state index contributed by atoms with van der Waals surface area (Å²) in [4.78, 5) is 15.9. The van der Waals surface area contributed by atoms with E-state index in [9.17, 15) is 4.79 Å². The largest absolute Gasteiger partial charge is 0.513 e. The van der Waals surface area contributed by atoms with Gasteiger partial charge in [0.2, 0.25) is 0 Å². The Bertz CT molecular complexity index is 1150. The van der Waals surface area contributed by atoms with Gasteiger partial charge >= 0.3 is 6.16 Å². The lowest BCUT2D eigenvalue weighted by molar-refractivity contribution is 0.134. The highest BCUT2D eigenvalue weighted by atomic mass is 79.9. The first-order valence-electron chi connectivity index (χ1n) is 11.8. The van der Waals surface area contributed by atoms with Crippen molar-refractivity contribution in [1.82, 2.24) is 4.90 Å². The smallest absolute Gasteiger partial charge is 0.449 e. The van der Waals surface area contributed by atoms with Crippen molar-refractivity contribution in [1.29, 1.82) is 0 Å². The van der Waals surface area contributed by atoms with Crippen molar-refractivity contribution >= 4 is 50.3 Å². The fourth-order valence-electron chi connectivity index (χ4n) is 4.86. The minimum Gasteiger partial charge on any atom is -0.449 e. The molecule has 5 rings (SSSR count). The summed E-state index contributed by atoms with van der Waals surface area (Å²) in [5.74, 6) is 1.52. The molecule has 1 saturated carbocycles. The number of nitrogens with zero attached hydrogens (tertiary/aromatic N) is 2. The van der Waals surface area contributed by atoms with Gasteiger partial charge in [0.05, 0.1) is 10.2 Å². The number of halogens is 2. The van der Waals surface area contributed by atoms with Crippen molar-refractivity contribution < 1.29 is 19.1 Å². The Hall–Kier alpha value is -2.22. The Morgan fingerprint density at radius 3 is 2.41 bits per heavy atom. The Labute approximate surface area is 212 Å². The molecule has 3 aromatic rings. The van der Waals surface area contributed by atoms with E-state index in [1.165, 1.54) is 24.9 Å². The second kappa shape index (κ2) is 10.2. The van der Waals surface area contributed by atoms with Crippen molar-refractivity contribution in [2.75, 3.05) is 31.1 Å². The number of rotatable bonds is 8. The van der Waals surface area contributed by atoms with E-state index in [2.05, 4.69) is 42.6 Å². The minimum atomic E-state index is -1.38. The van der Waals surface area contributed by atoms with Gasteiger partial charge in [-0.25, -0.2) is 4.79 Å².